The van der Waals surface area contributed by atoms with Crippen molar-refractivity contribution in [1.29, 1.82) is 0 Å². The third-order valence-corrected chi connectivity index (χ3v) is 3.65. The highest BCUT2D eigenvalue weighted by molar-refractivity contribution is 7.09. The lowest BCUT2D eigenvalue weighted by molar-refractivity contribution is 0.626. The molecule has 3 heterocycles. The first-order valence-electron chi connectivity index (χ1n) is 5.81. The van der Waals surface area contributed by atoms with E-state index in [2.05, 4.69) is 38.3 Å². The summed E-state index contributed by atoms with van der Waals surface area (Å²) in [5, 5.41) is 8.07. The van der Waals surface area contributed by atoms with E-state index in [4.69, 9.17) is 0 Å². The van der Waals surface area contributed by atoms with Gasteiger partial charge in [-0.3, -0.25) is 5.10 Å². The van der Waals surface area contributed by atoms with Crippen LogP contribution in [0.15, 0.2) is 6.20 Å². The fourth-order valence-corrected chi connectivity index (χ4v) is 2.71. The summed E-state index contributed by atoms with van der Waals surface area (Å²) in [5.41, 5.74) is 2.47. The van der Waals surface area contributed by atoms with Crippen molar-refractivity contribution in [3.05, 3.63) is 23.3 Å². The summed E-state index contributed by atoms with van der Waals surface area (Å²) in [6.45, 7) is 6.13. The van der Waals surface area contributed by atoms with Gasteiger partial charge in [-0.2, -0.15) is 9.47 Å². The second-order valence-corrected chi connectivity index (χ2v) is 5.55. The third kappa shape index (κ3) is 2.04. The zero-order valence-electron chi connectivity index (χ0n) is 9.97. The molecule has 6 heteroatoms. The number of hydrogen-bond acceptors (Lipinski definition) is 5. The maximum atomic E-state index is 4.59. The van der Waals surface area contributed by atoms with Crippen LogP contribution in [0.1, 0.15) is 30.9 Å². The van der Waals surface area contributed by atoms with Gasteiger partial charge in [-0.25, -0.2) is 4.98 Å². The topological polar surface area (TPSA) is 57.7 Å². The van der Waals surface area contributed by atoms with Gasteiger partial charge in [-0.05, 0) is 5.92 Å². The Morgan fingerprint density at radius 2 is 2.35 bits per heavy atom. The van der Waals surface area contributed by atoms with Crippen LogP contribution >= 0.6 is 11.5 Å². The number of nitrogens with one attached hydrogen (secondary N) is 1. The minimum atomic E-state index is 0.605. The van der Waals surface area contributed by atoms with E-state index in [0.717, 1.165) is 30.5 Å². The first kappa shape index (κ1) is 10.7. The lowest BCUT2D eigenvalue weighted by Crippen LogP contribution is -2.15. The molecule has 0 aromatic carbocycles. The van der Waals surface area contributed by atoms with Crippen LogP contribution in [0.5, 0.6) is 0 Å². The van der Waals surface area contributed by atoms with Crippen molar-refractivity contribution in [3.63, 3.8) is 0 Å². The van der Waals surface area contributed by atoms with Crippen LogP contribution in [-0.2, 0) is 19.5 Å². The molecule has 5 nitrogen and oxygen atoms in total. The molecule has 1 aliphatic rings. The highest BCUT2D eigenvalue weighted by atomic mass is 32.1. The Bertz CT molecular complexity index is 495. The molecule has 0 atom stereocenters. The third-order valence-electron chi connectivity index (χ3n) is 2.84. The molecular weight excluding hydrogens is 234 g/mol. The van der Waals surface area contributed by atoms with Crippen LogP contribution in [-0.4, -0.2) is 19.6 Å². The van der Waals surface area contributed by atoms with Gasteiger partial charge in [0.05, 0.1) is 18.4 Å². The van der Waals surface area contributed by atoms with Gasteiger partial charge in [0, 0.05) is 30.1 Å². The van der Waals surface area contributed by atoms with E-state index in [9.17, 15) is 0 Å². The van der Waals surface area contributed by atoms with Gasteiger partial charge in [-0.1, -0.05) is 13.8 Å². The molecule has 0 radical (unpaired) electrons. The van der Waals surface area contributed by atoms with E-state index < -0.39 is 0 Å². The predicted molar refractivity (Wildman–Crippen MR) is 66.9 cm³/mol. The maximum Gasteiger partial charge on any atom is 0.205 e. The second kappa shape index (κ2) is 4.10. The van der Waals surface area contributed by atoms with Crippen molar-refractivity contribution in [2.75, 3.05) is 4.90 Å². The Morgan fingerprint density at radius 3 is 3.12 bits per heavy atom. The van der Waals surface area contributed by atoms with Gasteiger partial charge in [-0.15, -0.1) is 0 Å². The van der Waals surface area contributed by atoms with Gasteiger partial charge >= 0.3 is 0 Å². The number of rotatable bonds is 3. The van der Waals surface area contributed by atoms with E-state index in [1.54, 1.807) is 0 Å². The van der Waals surface area contributed by atoms with Crippen LogP contribution in [0.25, 0.3) is 0 Å². The van der Waals surface area contributed by atoms with Gasteiger partial charge in [0.1, 0.15) is 5.82 Å². The normalized spacial score (nSPS) is 14.6. The molecule has 0 spiro atoms. The average Bonchev–Trinajstić information content (AvgIpc) is 2.87. The van der Waals surface area contributed by atoms with E-state index in [1.165, 1.54) is 22.8 Å². The number of H-pyrrole nitrogens is 1. The molecule has 1 N–H and O–H groups in total. The summed E-state index contributed by atoms with van der Waals surface area (Å²) in [7, 11) is 0. The first-order valence-corrected chi connectivity index (χ1v) is 6.58. The van der Waals surface area contributed by atoms with Gasteiger partial charge in [0.15, 0.2) is 0 Å². The molecule has 2 aromatic rings. The van der Waals surface area contributed by atoms with Crippen LogP contribution < -0.4 is 4.90 Å². The Morgan fingerprint density at radius 1 is 1.47 bits per heavy atom. The lowest BCUT2D eigenvalue weighted by atomic mass is 10.1. The Labute approximate surface area is 104 Å². The molecule has 1 aliphatic heterocycles. The van der Waals surface area contributed by atoms with Crippen molar-refractivity contribution in [2.45, 2.75) is 33.4 Å². The molecule has 3 rings (SSSR count). The molecule has 0 aliphatic carbocycles. The molecule has 0 bridgehead atoms. The number of aromatic amines is 1. The second-order valence-electron chi connectivity index (χ2n) is 4.82. The summed E-state index contributed by atoms with van der Waals surface area (Å²) in [6, 6.07) is 0. The van der Waals surface area contributed by atoms with Crippen LogP contribution in [0.3, 0.4) is 0 Å². The fourth-order valence-electron chi connectivity index (χ4n) is 2.02. The van der Waals surface area contributed by atoms with E-state index in [-0.39, 0.29) is 0 Å². The SMILES string of the molecule is CC(C)Cc1nsc(N2Cc3cn[nH]c3C2)n1. The standard InChI is InChI=1S/C11H15N5S/c1-7(2)3-10-13-11(17-15-10)16-5-8-4-12-14-9(8)6-16/h4,7H,3,5-6H2,1-2H3,(H,12,14). The summed E-state index contributed by atoms with van der Waals surface area (Å²) >= 11 is 1.49. The van der Waals surface area contributed by atoms with Crippen molar-refractivity contribution < 1.29 is 0 Å². The lowest BCUT2D eigenvalue weighted by Gasteiger charge is -2.12. The zero-order chi connectivity index (χ0) is 11.8. The van der Waals surface area contributed by atoms with Crippen molar-refractivity contribution >= 4 is 16.7 Å². The molecule has 17 heavy (non-hydrogen) atoms. The number of hydrogen-bond donors (Lipinski definition) is 1. The van der Waals surface area contributed by atoms with Crippen LogP contribution in [0, 0.1) is 5.92 Å². The Kier molecular flexibility index (Phi) is 2.58. The largest absolute Gasteiger partial charge is 0.337 e. The summed E-state index contributed by atoms with van der Waals surface area (Å²) in [6.07, 6.45) is 2.85. The minimum Gasteiger partial charge on any atom is -0.337 e. The minimum absolute atomic E-state index is 0.605. The van der Waals surface area contributed by atoms with Crippen molar-refractivity contribution in [1.82, 2.24) is 19.6 Å². The highest BCUT2D eigenvalue weighted by Gasteiger charge is 2.23. The van der Waals surface area contributed by atoms with Crippen molar-refractivity contribution in [2.24, 2.45) is 5.92 Å². The van der Waals surface area contributed by atoms with Gasteiger partial charge in [0.25, 0.3) is 0 Å². The molecule has 0 unspecified atom stereocenters. The highest BCUT2D eigenvalue weighted by Crippen LogP contribution is 2.28. The molecule has 0 saturated carbocycles. The fraction of sp³-hybridized carbons (Fsp3) is 0.545. The quantitative estimate of drug-likeness (QED) is 0.903. The summed E-state index contributed by atoms with van der Waals surface area (Å²) in [5.74, 6) is 1.57. The molecule has 0 amide bonds. The zero-order valence-corrected chi connectivity index (χ0v) is 10.8. The van der Waals surface area contributed by atoms with E-state index in [0.29, 0.717) is 5.92 Å². The molecule has 0 saturated heterocycles. The van der Waals surface area contributed by atoms with Gasteiger partial charge in [0.2, 0.25) is 5.13 Å². The molecule has 90 valence electrons. The Balaban J connectivity index is 1.74. The average molecular weight is 249 g/mol. The smallest absolute Gasteiger partial charge is 0.205 e. The number of anilines is 1. The van der Waals surface area contributed by atoms with Crippen LogP contribution in [0.4, 0.5) is 5.13 Å². The van der Waals surface area contributed by atoms with Gasteiger partial charge < -0.3 is 4.90 Å². The monoisotopic (exact) mass is 249 g/mol. The van der Waals surface area contributed by atoms with E-state index in [1.807, 2.05) is 6.20 Å². The molecular formula is C11H15N5S. The number of fused-ring (bicyclic) bond motifs is 1. The van der Waals surface area contributed by atoms with Crippen molar-refractivity contribution in [3.8, 4) is 0 Å². The Hall–Kier alpha value is -1.43. The molecule has 0 fully saturated rings. The summed E-state index contributed by atoms with van der Waals surface area (Å²) in [4.78, 5) is 6.83. The predicted octanol–water partition coefficient (Wildman–Crippen LogP) is 1.98. The number of nitrogens with zero attached hydrogens (tertiary/aromatic N) is 4. The summed E-state index contributed by atoms with van der Waals surface area (Å²) < 4.78 is 4.41. The maximum absolute atomic E-state index is 4.59. The molecule has 2 aromatic heterocycles. The van der Waals surface area contributed by atoms with E-state index >= 15 is 0 Å². The van der Waals surface area contributed by atoms with Crippen LogP contribution in [0.2, 0.25) is 0 Å². The first-order chi connectivity index (χ1) is 8.22. The number of aromatic nitrogens is 4.